The zero-order valence-electron chi connectivity index (χ0n) is 18.2. The number of carboxylic acid groups (broad SMARTS) is 1. The van der Waals surface area contributed by atoms with E-state index in [1.807, 2.05) is 0 Å². The second-order valence-corrected chi connectivity index (χ2v) is 14.3. The molecule has 0 saturated carbocycles. The van der Waals surface area contributed by atoms with Gasteiger partial charge < -0.3 is 15.2 Å². The van der Waals surface area contributed by atoms with Gasteiger partial charge in [-0.3, -0.25) is 0 Å². The lowest BCUT2D eigenvalue weighted by Gasteiger charge is -2.37. The van der Waals surface area contributed by atoms with Crippen molar-refractivity contribution in [3.05, 3.63) is 0 Å². The van der Waals surface area contributed by atoms with E-state index in [0.29, 0.717) is 16.6 Å². The Morgan fingerprint density at radius 3 is 1.85 bits per heavy atom. The Kier molecular flexibility index (Phi) is 9.68. The first-order valence-corrected chi connectivity index (χ1v) is 11.7. The largest absolute Gasteiger partial charge is 0.480 e. The number of ether oxygens (including phenoxy) is 1. The van der Waals surface area contributed by atoms with E-state index in [-0.39, 0.29) is 6.42 Å². The summed E-state index contributed by atoms with van der Waals surface area (Å²) in [6, 6.07) is -1.13. The van der Waals surface area contributed by atoms with Crippen LogP contribution in [-0.4, -0.2) is 36.9 Å². The summed E-state index contributed by atoms with van der Waals surface area (Å²) in [5, 5.41) is 11.6. The van der Waals surface area contributed by atoms with Gasteiger partial charge in [-0.1, -0.05) is 47.5 Å². The number of aliphatic carboxylic acids is 1. The van der Waals surface area contributed by atoms with Gasteiger partial charge in [0.2, 0.25) is 0 Å². The number of nitrogens with one attached hydrogen (secondary N) is 1. The van der Waals surface area contributed by atoms with E-state index >= 15 is 0 Å². The third-order valence-electron chi connectivity index (χ3n) is 4.59. The number of carbonyl (C=O) groups excluding carboxylic acids is 1. The Morgan fingerprint density at radius 2 is 1.48 bits per heavy atom. The van der Waals surface area contributed by atoms with E-state index in [2.05, 4.69) is 70.2 Å². The second-order valence-electron chi connectivity index (χ2n) is 8.69. The predicted octanol–water partition coefficient (Wildman–Crippen LogP) is 4.58. The highest BCUT2D eigenvalue weighted by Gasteiger charge is 2.41. The maximum Gasteiger partial charge on any atom is 0.408 e. The van der Waals surface area contributed by atoms with Crippen LogP contribution in [0.1, 0.15) is 68.7 Å². The van der Waals surface area contributed by atoms with E-state index < -0.39 is 31.8 Å². The van der Waals surface area contributed by atoms with Crippen LogP contribution in [0.5, 0.6) is 0 Å². The van der Waals surface area contributed by atoms with Gasteiger partial charge in [-0.25, -0.2) is 9.59 Å². The van der Waals surface area contributed by atoms with Crippen molar-refractivity contribution >= 4 is 20.1 Å². The Bertz CT molecular complexity index is 617. The predicted molar refractivity (Wildman–Crippen MR) is 112 cm³/mol. The number of hydrogen-bond donors (Lipinski definition) is 2. The van der Waals surface area contributed by atoms with Crippen molar-refractivity contribution < 1.29 is 19.4 Å². The maximum atomic E-state index is 11.8. The van der Waals surface area contributed by atoms with Crippen LogP contribution in [-0.2, 0) is 9.53 Å². The van der Waals surface area contributed by atoms with Crippen molar-refractivity contribution in [2.75, 3.05) is 0 Å². The van der Waals surface area contributed by atoms with E-state index in [1.165, 1.54) is 0 Å². The van der Waals surface area contributed by atoms with Crippen molar-refractivity contribution in [2.24, 2.45) is 0 Å². The molecule has 0 bridgehead atoms. The van der Waals surface area contributed by atoms with E-state index in [4.69, 9.17) is 4.74 Å². The lowest BCUT2D eigenvalue weighted by molar-refractivity contribution is -0.139. The van der Waals surface area contributed by atoms with E-state index in [0.717, 1.165) is 0 Å². The van der Waals surface area contributed by atoms with Gasteiger partial charge >= 0.3 is 12.1 Å². The van der Waals surface area contributed by atoms with Crippen LogP contribution in [0.4, 0.5) is 4.79 Å². The first-order chi connectivity index (χ1) is 12.2. The minimum atomic E-state index is -1.85. The molecular weight excluding hydrogens is 358 g/mol. The summed E-state index contributed by atoms with van der Waals surface area (Å²) in [7, 11) is -1.85. The molecule has 0 radical (unpaired) electrons. The normalized spacial score (nSPS) is 12.7. The molecule has 0 fully saturated rings. The molecule has 0 aliphatic rings. The molecule has 0 aromatic rings. The van der Waals surface area contributed by atoms with E-state index in [9.17, 15) is 14.7 Å². The molecule has 0 aromatic heterocycles. The fourth-order valence-corrected chi connectivity index (χ4v) is 8.56. The van der Waals surface area contributed by atoms with Crippen LogP contribution in [0.25, 0.3) is 0 Å². The fraction of sp³-hybridized carbons (Fsp3) is 0.714. The molecule has 6 heteroatoms. The highest BCUT2D eigenvalue weighted by molar-refractivity contribution is 6.90. The Labute approximate surface area is 165 Å². The molecule has 0 saturated heterocycles. The first-order valence-electron chi connectivity index (χ1n) is 9.46. The van der Waals surface area contributed by atoms with Gasteiger partial charge in [-0.2, -0.15) is 0 Å². The van der Waals surface area contributed by atoms with Crippen molar-refractivity contribution in [3.8, 4) is 23.3 Å². The molecule has 0 aliphatic carbocycles. The molecule has 152 valence electrons. The number of carboxylic acids is 1. The molecular formula is C21H35NO4Si. The summed E-state index contributed by atoms with van der Waals surface area (Å²) in [4.78, 5) is 23.1. The zero-order chi connectivity index (χ0) is 21.4. The number of rotatable bonds is 6. The molecule has 0 aromatic carbocycles. The summed E-state index contributed by atoms with van der Waals surface area (Å²) in [5.41, 5.74) is 4.29. The number of carbonyl (C=O) groups is 2. The number of alkyl carbamates (subject to hydrolysis) is 1. The van der Waals surface area contributed by atoms with Gasteiger partial charge in [0, 0.05) is 6.42 Å². The summed E-state index contributed by atoms with van der Waals surface area (Å²) in [6.07, 6.45) is -0.795. The molecule has 0 unspecified atom stereocenters. The first kappa shape index (κ1) is 25.1. The molecule has 1 amide bonds. The minimum Gasteiger partial charge on any atom is -0.480 e. The third-order valence-corrected chi connectivity index (χ3v) is 10.9. The average molecular weight is 394 g/mol. The Balaban J connectivity index is 5.21. The number of hydrogen-bond acceptors (Lipinski definition) is 3. The van der Waals surface area contributed by atoms with Crippen molar-refractivity contribution in [2.45, 2.75) is 97.0 Å². The highest BCUT2D eigenvalue weighted by atomic mass is 28.3. The zero-order valence-corrected chi connectivity index (χ0v) is 19.2. The van der Waals surface area contributed by atoms with Crippen LogP contribution in [0.15, 0.2) is 0 Å². The van der Waals surface area contributed by atoms with Crippen LogP contribution in [0, 0.1) is 23.3 Å². The SMILES string of the molecule is CC(C)[Si](C#CC#CC[C@H](NC(=O)OC(C)(C)C)C(=O)O)(C(C)C)C(C)C. The summed E-state index contributed by atoms with van der Waals surface area (Å²) in [5.74, 6) is 7.37. The number of amides is 1. The van der Waals surface area contributed by atoms with Gasteiger partial charge in [0.15, 0.2) is 0 Å². The van der Waals surface area contributed by atoms with Gasteiger partial charge in [0.1, 0.15) is 19.7 Å². The van der Waals surface area contributed by atoms with Crippen LogP contribution >= 0.6 is 0 Å². The standard InChI is InChI=1S/C21H35NO4Si/c1-15(2)27(16(3)4,17(5)6)14-12-10-11-13-18(19(23)24)22-20(25)26-21(7,8)9/h15-18H,13H2,1-9H3,(H,22,25)(H,23,24)/t18-/m0/s1. The molecule has 2 N–H and O–H groups in total. The van der Waals surface area contributed by atoms with E-state index in [1.54, 1.807) is 20.8 Å². The Morgan fingerprint density at radius 1 is 1.00 bits per heavy atom. The molecule has 1 atom stereocenters. The highest BCUT2D eigenvalue weighted by Crippen LogP contribution is 2.40. The van der Waals surface area contributed by atoms with Gasteiger partial charge in [-0.15, -0.1) is 5.54 Å². The third kappa shape index (κ3) is 8.09. The van der Waals surface area contributed by atoms with Gasteiger partial charge in [0.25, 0.3) is 0 Å². The summed E-state index contributed by atoms with van der Waals surface area (Å²) < 4.78 is 5.09. The lowest BCUT2D eigenvalue weighted by atomic mass is 10.2. The maximum absolute atomic E-state index is 11.8. The Hall–Kier alpha value is -1.92. The monoisotopic (exact) mass is 393 g/mol. The fourth-order valence-electron chi connectivity index (χ4n) is 3.42. The average Bonchev–Trinajstić information content (AvgIpc) is 2.46. The minimum absolute atomic E-state index is 0.0250. The van der Waals surface area contributed by atoms with Crippen LogP contribution in [0.3, 0.4) is 0 Å². The van der Waals surface area contributed by atoms with Gasteiger partial charge in [-0.05, 0) is 49.2 Å². The molecule has 0 spiro atoms. The van der Waals surface area contributed by atoms with Gasteiger partial charge in [0.05, 0.1) is 0 Å². The molecule has 0 heterocycles. The van der Waals surface area contributed by atoms with Crippen LogP contribution in [0.2, 0.25) is 16.6 Å². The molecule has 0 aliphatic heterocycles. The van der Waals surface area contributed by atoms with Crippen LogP contribution < -0.4 is 5.32 Å². The van der Waals surface area contributed by atoms with Crippen molar-refractivity contribution in [1.82, 2.24) is 5.32 Å². The molecule has 5 nitrogen and oxygen atoms in total. The summed E-state index contributed by atoms with van der Waals surface area (Å²) in [6.45, 7) is 18.5. The van der Waals surface area contributed by atoms with Crippen molar-refractivity contribution in [1.29, 1.82) is 0 Å². The second kappa shape index (κ2) is 10.4. The van der Waals surface area contributed by atoms with Crippen molar-refractivity contribution in [3.63, 3.8) is 0 Å². The quantitative estimate of drug-likeness (QED) is 0.511. The smallest absolute Gasteiger partial charge is 0.408 e. The molecule has 27 heavy (non-hydrogen) atoms. The summed E-state index contributed by atoms with van der Waals surface area (Å²) >= 11 is 0. The lowest BCUT2D eigenvalue weighted by Crippen LogP contribution is -2.43. The topological polar surface area (TPSA) is 75.6 Å². The molecule has 0 rings (SSSR count).